The van der Waals surface area contributed by atoms with E-state index in [0.29, 0.717) is 5.69 Å². The molecule has 1 aromatic carbocycles. The molecule has 0 unspecified atom stereocenters. The summed E-state index contributed by atoms with van der Waals surface area (Å²) in [4.78, 5) is 13.3. The quantitative estimate of drug-likeness (QED) is 0.808. The zero-order valence-corrected chi connectivity index (χ0v) is 17.3. The van der Waals surface area contributed by atoms with Crippen molar-refractivity contribution in [3.05, 3.63) is 24.3 Å². The van der Waals surface area contributed by atoms with E-state index in [-0.39, 0.29) is 17.0 Å². The summed E-state index contributed by atoms with van der Waals surface area (Å²) >= 11 is 0. The lowest BCUT2D eigenvalue weighted by Gasteiger charge is -2.35. The molecule has 0 radical (unpaired) electrons. The minimum Gasteiger partial charge on any atom is -0.530 e. The number of sulfonamides is 1. The summed E-state index contributed by atoms with van der Waals surface area (Å²) in [5, 5.41) is 11.8. The van der Waals surface area contributed by atoms with Gasteiger partial charge in [0.05, 0.1) is 4.90 Å². The predicted octanol–water partition coefficient (Wildman–Crippen LogP) is 3.56. The van der Waals surface area contributed by atoms with Gasteiger partial charge in [-0.25, -0.2) is 13.1 Å². The number of carboxylic acid groups (broad SMARTS) is 1. The monoisotopic (exact) mass is 407 g/mol. The Morgan fingerprint density at radius 3 is 1.93 bits per heavy atom. The Morgan fingerprint density at radius 1 is 0.857 bits per heavy atom. The Balaban J connectivity index is 1.74. The molecule has 1 amide bonds. The van der Waals surface area contributed by atoms with Gasteiger partial charge < -0.3 is 14.8 Å². The number of carbonyl (C=O) groups is 1. The van der Waals surface area contributed by atoms with Crippen molar-refractivity contribution in [2.45, 2.75) is 94.0 Å². The summed E-state index contributed by atoms with van der Waals surface area (Å²) in [6.45, 7) is 0. The van der Waals surface area contributed by atoms with Crippen LogP contribution in [-0.2, 0) is 10.0 Å². The maximum Gasteiger partial charge on any atom is 0.240 e. The lowest BCUT2D eigenvalue weighted by molar-refractivity contribution is -0.247. The molecule has 1 N–H and O–H groups in total. The number of rotatable bonds is 5. The van der Waals surface area contributed by atoms with E-state index in [0.717, 1.165) is 70.6 Å². The van der Waals surface area contributed by atoms with Gasteiger partial charge in [0.1, 0.15) is 6.09 Å². The number of nitrogens with one attached hydrogen (secondary N) is 1. The highest BCUT2D eigenvalue weighted by atomic mass is 32.2. The third kappa shape index (κ3) is 5.47. The Labute approximate surface area is 168 Å². The van der Waals surface area contributed by atoms with Crippen molar-refractivity contribution in [1.29, 1.82) is 0 Å². The molecule has 0 heterocycles. The van der Waals surface area contributed by atoms with E-state index < -0.39 is 16.1 Å². The number of carbonyl (C=O) groups excluding carboxylic acids is 1. The van der Waals surface area contributed by atoms with Crippen LogP contribution >= 0.6 is 0 Å². The van der Waals surface area contributed by atoms with E-state index in [4.69, 9.17) is 0 Å². The van der Waals surface area contributed by atoms with E-state index in [2.05, 4.69) is 4.72 Å². The van der Waals surface area contributed by atoms with Crippen LogP contribution in [0.1, 0.15) is 77.0 Å². The first-order valence-corrected chi connectivity index (χ1v) is 12.1. The Hall–Kier alpha value is -1.60. The normalized spacial score (nSPS) is 20.3. The third-order valence-electron chi connectivity index (χ3n) is 5.99. The van der Waals surface area contributed by atoms with Gasteiger partial charge >= 0.3 is 0 Å². The fraction of sp³-hybridized carbons (Fsp3) is 0.667. The van der Waals surface area contributed by atoms with Crippen LogP contribution in [-0.4, -0.2) is 26.6 Å². The lowest BCUT2D eigenvalue weighted by Crippen LogP contribution is -2.48. The van der Waals surface area contributed by atoms with Crippen molar-refractivity contribution in [3.8, 4) is 0 Å². The van der Waals surface area contributed by atoms with Gasteiger partial charge in [-0.1, -0.05) is 51.4 Å². The summed E-state index contributed by atoms with van der Waals surface area (Å²) < 4.78 is 28.1. The molecule has 0 aliphatic heterocycles. The third-order valence-corrected chi connectivity index (χ3v) is 7.53. The van der Waals surface area contributed by atoms with E-state index in [9.17, 15) is 18.3 Å². The van der Waals surface area contributed by atoms with Crippen molar-refractivity contribution in [3.63, 3.8) is 0 Å². The number of amides is 1. The molecule has 2 aliphatic rings. The van der Waals surface area contributed by atoms with E-state index in [1.807, 2.05) is 0 Å². The van der Waals surface area contributed by atoms with Gasteiger partial charge in [0.2, 0.25) is 10.0 Å². The van der Waals surface area contributed by atoms with Crippen LogP contribution in [0.3, 0.4) is 0 Å². The van der Waals surface area contributed by atoms with Crippen LogP contribution in [0.5, 0.6) is 0 Å². The van der Waals surface area contributed by atoms with Gasteiger partial charge in [0.25, 0.3) is 0 Å². The average molecular weight is 408 g/mol. The Bertz CT molecular complexity index is 734. The molecule has 28 heavy (non-hydrogen) atoms. The second kappa shape index (κ2) is 9.74. The summed E-state index contributed by atoms with van der Waals surface area (Å²) in [5.74, 6) is 0. The summed E-state index contributed by atoms with van der Waals surface area (Å²) in [7, 11) is -3.59. The first-order valence-electron chi connectivity index (χ1n) is 10.6. The molecule has 1 aromatic rings. The maximum atomic E-state index is 12.6. The smallest absolute Gasteiger partial charge is 0.240 e. The summed E-state index contributed by atoms with van der Waals surface area (Å²) in [5.41, 5.74) is 0.488. The number of anilines is 1. The van der Waals surface area contributed by atoms with Gasteiger partial charge in [-0.3, -0.25) is 0 Å². The van der Waals surface area contributed by atoms with Crippen molar-refractivity contribution >= 4 is 21.8 Å². The second-order valence-electron chi connectivity index (χ2n) is 8.08. The lowest BCUT2D eigenvalue weighted by atomic mass is 9.95. The molecule has 3 rings (SSSR count). The second-order valence-corrected chi connectivity index (χ2v) is 9.80. The number of hydrogen-bond donors (Lipinski definition) is 1. The van der Waals surface area contributed by atoms with Gasteiger partial charge in [-0.15, -0.1) is 0 Å². The van der Waals surface area contributed by atoms with Crippen LogP contribution < -0.4 is 14.7 Å². The largest absolute Gasteiger partial charge is 0.530 e. The zero-order chi connectivity index (χ0) is 20.0. The molecule has 156 valence electrons. The highest BCUT2D eigenvalue weighted by molar-refractivity contribution is 7.89. The highest BCUT2D eigenvalue weighted by Gasteiger charge is 2.24. The van der Waals surface area contributed by atoms with Crippen LogP contribution in [0.25, 0.3) is 0 Å². The van der Waals surface area contributed by atoms with Gasteiger partial charge in [-0.05, 0) is 49.9 Å². The van der Waals surface area contributed by atoms with E-state index in [1.165, 1.54) is 23.5 Å². The molecule has 2 fully saturated rings. The molecule has 2 aliphatic carbocycles. The minimum absolute atomic E-state index is 0.00642. The Morgan fingerprint density at radius 2 is 1.36 bits per heavy atom. The molecule has 0 atom stereocenters. The standard InChI is InChI=1S/C21H32N2O4S/c24-21(25)23(18-11-7-2-1-3-8-12-18)19-13-15-20(16-14-19)28(26,27)22-17-9-5-4-6-10-17/h13-18,22H,1-12H2,(H,24,25)/p-1. The fourth-order valence-electron chi connectivity index (χ4n) is 4.45. The molecule has 7 heteroatoms. The number of nitrogens with zero attached hydrogens (tertiary/aromatic N) is 1. The SMILES string of the molecule is O=C([O-])N(c1ccc(S(=O)(=O)NC2CCCCC2)cc1)C1CCCCCCC1. The minimum atomic E-state index is -3.59. The molecule has 6 nitrogen and oxygen atoms in total. The molecular formula is C21H31N2O4S-. The highest BCUT2D eigenvalue weighted by Crippen LogP contribution is 2.27. The Kier molecular flexibility index (Phi) is 7.35. The van der Waals surface area contributed by atoms with Crippen LogP contribution in [0.15, 0.2) is 29.2 Å². The van der Waals surface area contributed by atoms with Gasteiger partial charge in [0, 0.05) is 17.8 Å². The molecule has 0 spiro atoms. The molecule has 0 bridgehead atoms. The molecule has 0 saturated heterocycles. The van der Waals surface area contributed by atoms with Gasteiger partial charge in [0.15, 0.2) is 0 Å². The average Bonchev–Trinajstić information content (AvgIpc) is 2.64. The fourth-order valence-corrected chi connectivity index (χ4v) is 5.76. The predicted molar refractivity (Wildman–Crippen MR) is 108 cm³/mol. The first kappa shape index (κ1) is 21.1. The zero-order valence-electron chi connectivity index (χ0n) is 16.4. The van der Waals surface area contributed by atoms with E-state index in [1.54, 1.807) is 12.1 Å². The molecule has 2 saturated carbocycles. The van der Waals surface area contributed by atoms with Gasteiger partial charge in [-0.2, -0.15) is 0 Å². The van der Waals surface area contributed by atoms with E-state index >= 15 is 0 Å². The maximum absolute atomic E-state index is 12.6. The topological polar surface area (TPSA) is 89.5 Å². The van der Waals surface area contributed by atoms with Crippen LogP contribution in [0, 0.1) is 0 Å². The van der Waals surface area contributed by atoms with Crippen molar-refractivity contribution in [2.75, 3.05) is 4.90 Å². The van der Waals surface area contributed by atoms with Crippen molar-refractivity contribution < 1.29 is 18.3 Å². The van der Waals surface area contributed by atoms with Crippen molar-refractivity contribution in [2.24, 2.45) is 0 Å². The van der Waals surface area contributed by atoms with Crippen LogP contribution in [0.2, 0.25) is 0 Å². The first-order chi connectivity index (χ1) is 13.5. The van der Waals surface area contributed by atoms with Crippen LogP contribution in [0.4, 0.5) is 10.5 Å². The number of hydrogen-bond acceptors (Lipinski definition) is 4. The molecular weight excluding hydrogens is 376 g/mol. The summed E-state index contributed by atoms with van der Waals surface area (Å²) in [6, 6.07) is 6.06. The molecule has 0 aromatic heterocycles. The summed E-state index contributed by atoms with van der Waals surface area (Å²) in [6.07, 6.45) is 10.9. The van der Waals surface area contributed by atoms with Crippen molar-refractivity contribution in [1.82, 2.24) is 4.72 Å². The number of benzene rings is 1.